The van der Waals surface area contributed by atoms with Gasteiger partial charge in [0.05, 0.1) is 13.2 Å². The van der Waals surface area contributed by atoms with E-state index in [1.807, 2.05) is 24.3 Å². The van der Waals surface area contributed by atoms with Crippen molar-refractivity contribution in [3.8, 4) is 0 Å². The van der Waals surface area contributed by atoms with Crippen molar-refractivity contribution in [1.29, 1.82) is 0 Å². The van der Waals surface area contributed by atoms with Crippen LogP contribution in [-0.4, -0.2) is 48.1 Å². The molecule has 1 aromatic carbocycles. The molecular weight excluding hydrogens is 284 g/mol. The fourth-order valence-corrected chi connectivity index (χ4v) is 2.73. The lowest BCUT2D eigenvalue weighted by molar-refractivity contribution is -0.142. The van der Waals surface area contributed by atoms with E-state index in [0.717, 1.165) is 17.5 Å². The highest BCUT2D eigenvalue weighted by molar-refractivity contribution is 5.80. The molecule has 120 valence electrons. The third-order valence-corrected chi connectivity index (χ3v) is 3.79. The number of likely N-dealkylation sites (tertiary alicyclic amines) is 1. The molecule has 0 unspecified atom stereocenters. The predicted octanol–water partition coefficient (Wildman–Crippen LogP) is 0.998. The summed E-state index contributed by atoms with van der Waals surface area (Å²) >= 11 is 0. The number of nitrogens with zero attached hydrogens (tertiary/aromatic N) is 1. The lowest BCUT2D eigenvalue weighted by Gasteiger charge is -2.20. The van der Waals surface area contributed by atoms with Crippen LogP contribution >= 0.6 is 0 Å². The number of carboxylic acids is 1. The van der Waals surface area contributed by atoms with E-state index in [1.165, 1.54) is 0 Å². The first-order valence-electron chi connectivity index (χ1n) is 7.40. The highest BCUT2D eigenvalue weighted by Gasteiger charge is 2.31. The Bertz CT molecular complexity index is 533. The van der Waals surface area contributed by atoms with E-state index >= 15 is 0 Å². The number of amides is 1. The Morgan fingerprint density at radius 1 is 1.41 bits per heavy atom. The third-order valence-electron chi connectivity index (χ3n) is 3.79. The van der Waals surface area contributed by atoms with E-state index in [-0.39, 0.29) is 12.5 Å². The first-order valence-corrected chi connectivity index (χ1v) is 7.40. The quantitative estimate of drug-likeness (QED) is 0.785. The Kier molecular flexibility index (Phi) is 5.91. The van der Waals surface area contributed by atoms with Crippen LogP contribution in [0.4, 0.5) is 0 Å². The highest BCUT2D eigenvalue weighted by Crippen LogP contribution is 2.16. The lowest BCUT2D eigenvalue weighted by atomic mass is 10.1. The summed E-state index contributed by atoms with van der Waals surface area (Å²) in [5.41, 5.74) is 2.05. The van der Waals surface area contributed by atoms with Crippen molar-refractivity contribution >= 4 is 11.9 Å². The zero-order chi connectivity index (χ0) is 15.9. The number of rotatable bonds is 7. The molecule has 1 aromatic rings. The summed E-state index contributed by atoms with van der Waals surface area (Å²) in [5, 5.41) is 11.9. The number of nitrogens with one attached hydrogen (secondary N) is 1. The molecule has 1 saturated heterocycles. The van der Waals surface area contributed by atoms with Gasteiger partial charge >= 0.3 is 5.97 Å². The summed E-state index contributed by atoms with van der Waals surface area (Å²) in [6.45, 7) is 1.76. The number of aliphatic carboxylic acids is 1. The van der Waals surface area contributed by atoms with E-state index in [1.54, 1.807) is 12.0 Å². The standard InChI is InChI=1S/C16H22N2O4/c1-22-11-13-5-2-4-12(8-13)9-17-15(19)10-18-7-3-6-14(18)16(20)21/h2,4-5,8,14H,3,6-7,9-11H2,1H3,(H,17,19)(H,20,21)/t14-/m1/s1. The monoisotopic (exact) mass is 306 g/mol. The fourth-order valence-electron chi connectivity index (χ4n) is 2.73. The SMILES string of the molecule is COCc1cccc(CNC(=O)CN2CCC[C@@H]2C(=O)O)c1. The number of carbonyl (C=O) groups is 2. The summed E-state index contributed by atoms with van der Waals surface area (Å²) in [4.78, 5) is 24.8. The average Bonchev–Trinajstić information content (AvgIpc) is 2.94. The first-order chi connectivity index (χ1) is 10.6. The van der Waals surface area contributed by atoms with Gasteiger partial charge in [-0.05, 0) is 30.5 Å². The number of ether oxygens (including phenoxy) is 1. The van der Waals surface area contributed by atoms with E-state index in [9.17, 15) is 9.59 Å². The molecule has 1 aliphatic rings. The molecule has 0 saturated carbocycles. The summed E-state index contributed by atoms with van der Waals surface area (Å²) in [6.07, 6.45) is 1.44. The highest BCUT2D eigenvalue weighted by atomic mass is 16.5. The molecule has 6 nitrogen and oxygen atoms in total. The summed E-state index contributed by atoms with van der Waals surface area (Å²) < 4.78 is 5.08. The molecule has 6 heteroatoms. The normalized spacial score (nSPS) is 18.3. The molecule has 1 heterocycles. The fraction of sp³-hybridized carbons (Fsp3) is 0.500. The predicted molar refractivity (Wildman–Crippen MR) is 81.2 cm³/mol. The molecule has 1 atom stereocenters. The van der Waals surface area contributed by atoms with Gasteiger partial charge in [0, 0.05) is 13.7 Å². The maximum atomic E-state index is 12.0. The summed E-state index contributed by atoms with van der Waals surface area (Å²) in [6, 6.07) is 7.29. The molecule has 1 aliphatic heterocycles. The number of benzene rings is 1. The van der Waals surface area contributed by atoms with Crippen LogP contribution in [0.25, 0.3) is 0 Å². The molecule has 0 radical (unpaired) electrons. The van der Waals surface area contributed by atoms with Gasteiger partial charge in [-0.1, -0.05) is 24.3 Å². The molecule has 0 spiro atoms. The second kappa shape index (κ2) is 7.91. The molecular formula is C16H22N2O4. The topological polar surface area (TPSA) is 78.9 Å². The van der Waals surface area contributed by atoms with Crippen LogP contribution in [0.15, 0.2) is 24.3 Å². The van der Waals surface area contributed by atoms with Gasteiger partial charge in [-0.2, -0.15) is 0 Å². The lowest BCUT2D eigenvalue weighted by Crippen LogP contribution is -2.42. The Morgan fingerprint density at radius 3 is 2.91 bits per heavy atom. The molecule has 0 aromatic heterocycles. The van der Waals surface area contributed by atoms with Crippen molar-refractivity contribution in [2.24, 2.45) is 0 Å². The van der Waals surface area contributed by atoms with Crippen LogP contribution in [0.3, 0.4) is 0 Å². The van der Waals surface area contributed by atoms with Crippen molar-refractivity contribution < 1.29 is 19.4 Å². The van der Waals surface area contributed by atoms with Crippen LogP contribution in [0.1, 0.15) is 24.0 Å². The maximum Gasteiger partial charge on any atom is 0.320 e. The average molecular weight is 306 g/mol. The number of hydrogen-bond donors (Lipinski definition) is 2. The molecule has 1 fully saturated rings. The van der Waals surface area contributed by atoms with Gasteiger partial charge in [0.15, 0.2) is 0 Å². The Morgan fingerprint density at radius 2 is 2.18 bits per heavy atom. The van der Waals surface area contributed by atoms with Gasteiger partial charge in [-0.3, -0.25) is 14.5 Å². The van der Waals surface area contributed by atoms with Gasteiger partial charge in [-0.15, -0.1) is 0 Å². The number of methoxy groups -OCH3 is 1. The van der Waals surface area contributed by atoms with E-state index in [0.29, 0.717) is 26.1 Å². The molecule has 0 aliphatic carbocycles. The number of carbonyl (C=O) groups excluding carboxylic acids is 1. The van der Waals surface area contributed by atoms with Crippen LogP contribution < -0.4 is 5.32 Å². The van der Waals surface area contributed by atoms with Gasteiger partial charge in [0.2, 0.25) is 5.91 Å². The summed E-state index contributed by atoms with van der Waals surface area (Å²) in [5.74, 6) is -0.997. The van der Waals surface area contributed by atoms with Crippen molar-refractivity contribution in [1.82, 2.24) is 10.2 Å². The molecule has 2 rings (SSSR count). The Balaban J connectivity index is 1.82. The van der Waals surface area contributed by atoms with Gasteiger partial charge in [-0.25, -0.2) is 0 Å². The van der Waals surface area contributed by atoms with E-state index < -0.39 is 12.0 Å². The minimum Gasteiger partial charge on any atom is -0.480 e. The van der Waals surface area contributed by atoms with Crippen molar-refractivity contribution in [2.75, 3.05) is 20.2 Å². The van der Waals surface area contributed by atoms with Crippen LogP contribution in [0.5, 0.6) is 0 Å². The Hall–Kier alpha value is -1.92. The zero-order valence-electron chi connectivity index (χ0n) is 12.7. The smallest absolute Gasteiger partial charge is 0.320 e. The van der Waals surface area contributed by atoms with Gasteiger partial charge in [0.1, 0.15) is 6.04 Å². The van der Waals surface area contributed by atoms with Crippen molar-refractivity contribution in [3.63, 3.8) is 0 Å². The van der Waals surface area contributed by atoms with Crippen molar-refractivity contribution in [3.05, 3.63) is 35.4 Å². The van der Waals surface area contributed by atoms with Crippen LogP contribution in [0.2, 0.25) is 0 Å². The van der Waals surface area contributed by atoms with Gasteiger partial charge in [0.25, 0.3) is 0 Å². The molecule has 22 heavy (non-hydrogen) atoms. The second-order valence-corrected chi connectivity index (χ2v) is 5.50. The van der Waals surface area contributed by atoms with Crippen molar-refractivity contribution in [2.45, 2.75) is 32.0 Å². The molecule has 0 bridgehead atoms. The first kappa shape index (κ1) is 16.5. The van der Waals surface area contributed by atoms with Crippen LogP contribution in [0, 0.1) is 0 Å². The minimum absolute atomic E-state index is 0.134. The summed E-state index contributed by atoms with van der Waals surface area (Å²) in [7, 11) is 1.64. The van der Waals surface area contributed by atoms with E-state index in [4.69, 9.17) is 9.84 Å². The number of carboxylic acid groups (broad SMARTS) is 1. The van der Waals surface area contributed by atoms with Gasteiger partial charge < -0.3 is 15.2 Å². The zero-order valence-corrected chi connectivity index (χ0v) is 12.7. The third kappa shape index (κ3) is 4.54. The second-order valence-electron chi connectivity index (χ2n) is 5.50. The minimum atomic E-state index is -0.849. The van der Waals surface area contributed by atoms with Crippen LogP contribution in [-0.2, 0) is 27.5 Å². The maximum absolute atomic E-state index is 12.0. The largest absolute Gasteiger partial charge is 0.480 e. The van der Waals surface area contributed by atoms with E-state index in [2.05, 4.69) is 5.32 Å². The molecule has 1 amide bonds. The number of hydrogen-bond acceptors (Lipinski definition) is 4. The molecule has 2 N–H and O–H groups in total. The Labute approximate surface area is 130 Å².